The molecular formula is C14H18F3NO3. The van der Waals surface area contributed by atoms with E-state index >= 15 is 0 Å². The number of hydrogen-bond donors (Lipinski definition) is 1. The van der Waals surface area contributed by atoms with E-state index in [0.717, 1.165) is 12.1 Å². The molecule has 0 aromatic heterocycles. The largest absolute Gasteiger partial charge is 0.465 e. The molecule has 0 heterocycles. The van der Waals surface area contributed by atoms with Gasteiger partial charge in [0, 0.05) is 13.7 Å². The van der Waals surface area contributed by atoms with Crippen molar-refractivity contribution in [3.05, 3.63) is 35.4 Å². The molecule has 0 radical (unpaired) electrons. The first-order chi connectivity index (χ1) is 9.90. The first-order valence-electron chi connectivity index (χ1n) is 6.46. The van der Waals surface area contributed by atoms with Crippen molar-refractivity contribution in [3.63, 3.8) is 0 Å². The Morgan fingerprint density at radius 1 is 1.38 bits per heavy atom. The molecule has 0 fully saturated rings. The third-order valence-corrected chi connectivity index (χ3v) is 2.72. The molecule has 0 spiro atoms. The minimum absolute atomic E-state index is 0.153. The molecule has 4 nitrogen and oxygen atoms in total. The monoisotopic (exact) mass is 305 g/mol. The van der Waals surface area contributed by atoms with Crippen molar-refractivity contribution in [2.45, 2.75) is 19.1 Å². The van der Waals surface area contributed by atoms with Crippen LogP contribution in [0.25, 0.3) is 0 Å². The Morgan fingerprint density at radius 3 is 2.67 bits per heavy atom. The normalized spacial score (nSPS) is 13.0. The average molecular weight is 305 g/mol. The van der Waals surface area contributed by atoms with Gasteiger partial charge < -0.3 is 9.47 Å². The molecule has 1 unspecified atom stereocenters. The van der Waals surface area contributed by atoms with Gasteiger partial charge in [0.15, 0.2) is 0 Å². The highest BCUT2D eigenvalue weighted by Gasteiger charge is 2.32. The van der Waals surface area contributed by atoms with E-state index in [0.29, 0.717) is 13.2 Å². The van der Waals surface area contributed by atoms with Gasteiger partial charge in [0.05, 0.1) is 18.8 Å². The third-order valence-electron chi connectivity index (χ3n) is 2.72. The van der Waals surface area contributed by atoms with E-state index in [1.807, 2.05) is 0 Å². The average Bonchev–Trinajstić information content (AvgIpc) is 2.43. The van der Waals surface area contributed by atoms with Crippen molar-refractivity contribution in [1.82, 2.24) is 5.32 Å². The van der Waals surface area contributed by atoms with Gasteiger partial charge in [0.1, 0.15) is 6.04 Å². The summed E-state index contributed by atoms with van der Waals surface area (Å²) in [7, 11) is 1.49. The molecule has 0 aliphatic carbocycles. The Labute approximate surface area is 121 Å². The minimum atomic E-state index is -4.46. The zero-order valence-electron chi connectivity index (χ0n) is 11.9. The maximum atomic E-state index is 12.7. The van der Waals surface area contributed by atoms with Gasteiger partial charge in [0.25, 0.3) is 0 Å². The van der Waals surface area contributed by atoms with E-state index in [2.05, 4.69) is 5.32 Å². The SMILES string of the molecule is CCOC(=O)C(NCCOC)c1cccc(C(F)(F)F)c1. The molecule has 0 saturated heterocycles. The lowest BCUT2D eigenvalue weighted by Crippen LogP contribution is -2.32. The van der Waals surface area contributed by atoms with Crippen LogP contribution in [-0.4, -0.2) is 32.8 Å². The second-order valence-corrected chi connectivity index (χ2v) is 4.26. The summed E-state index contributed by atoms with van der Waals surface area (Å²) in [6.07, 6.45) is -4.46. The van der Waals surface area contributed by atoms with Crippen LogP contribution in [0.4, 0.5) is 13.2 Å². The molecule has 1 rings (SSSR count). The van der Waals surface area contributed by atoms with Crippen LogP contribution in [-0.2, 0) is 20.4 Å². The zero-order chi connectivity index (χ0) is 15.9. The number of hydrogen-bond acceptors (Lipinski definition) is 4. The van der Waals surface area contributed by atoms with E-state index in [4.69, 9.17) is 9.47 Å². The van der Waals surface area contributed by atoms with Crippen molar-refractivity contribution in [2.75, 3.05) is 26.9 Å². The first-order valence-corrected chi connectivity index (χ1v) is 6.46. The van der Waals surface area contributed by atoms with Crippen LogP contribution in [0.1, 0.15) is 24.1 Å². The fourth-order valence-electron chi connectivity index (χ4n) is 1.76. The van der Waals surface area contributed by atoms with Crippen LogP contribution < -0.4 is 5.32 Å². The molecule has 0 aliphatic rings. The summed E-state index contributed by atoms with van der Waals surface area (Å²) in [5, 5.41) is 2.83. The highest BCUT2D eigenvalue weighted by Crippen LogP contribution is 2.31. The van der Waals surface area contributed by atoms with Crippen LogP contribution in [0.3, 0.4) is 0 Å². The summed E-state index contributed by atoms with van der Waals surface area (Å²) in [4.78, 5) is 11.9. The number of carbonyl (C=O) groups excluding carboxylic acids is 1. The number of esters is 1. The van der Waals surface area contributed by atoms with Crippen LogP contribution in [0.2, 0.25) is 0 Å². The second kappa shape index (κ2) is 7.99. The number of rotatable bonds is 7. The molecule has 0 aliphatic heterocycles. The first kappa shape index (κ1) is 17.5. The van der Waals surface area contributed by atoms with Gasteiger partial charge in [-0.05, 0) is 24.6 Å². The number of methoxy groups -OCH3 is 1. The molecule has 118 valence electrons. The molecule has 7 heteroatoms. The molecule has 0 bridgehead atoms. The summed E-state index contributed by atoms with van der Waals surface area (Å²) in [6, 6.07) is 3.67. The molecule has 1 aromatic carbocycles. The maximum absolute atomic E-state index is 12.7. The summed E-state index contributed by atoms with van der Waals surface area (Å²) >= 11 is 0. The molecule has 0 saturated carbocycles. The van der Waals surface area contributed by atoms with Crippen LogP contribution in [0, 0.1) is 0 Å². The van der Waals surface area contributed by atoms with Crippen LogP contribution >= 0.6 is 0 Å². The molecule has 21 heavy (non-hydrogen) atoms. The smallest absolute Gasteiger partial charge is 0.416 e. The van der Waals surface area contributed by atoms with Crippen molar-refractivity contribution >= 4 is 5.97 Å². The highest BCUT2D eigenvalue weighted by atomic mass is 19.4. The molecule has 0 amide bonds. The van der Waals surface area contributed by atoms with Crippen molar-refractivity contribution in [3.8, 4) is 0 Å². The zero-order valence-corrected chi connectivity index (χ0v) is 11.9. The third kappa shape index (κ3) is 5.35. The quantitative estimate of drug-likeness (QED) is 0.621. The molecular weight excluding hydrogens is 287 g/mol. The van der Waals surface area contributed by atoms with E-state index in [1.165, 1.54) is 19.2 Å². The number of carbonyl (C=O) groups is 1. The number of halogens is 3. The van der Waals surface area contributed by atoms with Gasteiger partial charge in [-0.1, -0.05) is 12.1 Å². The predicted molar refractivity (Wildman–Crippen MR) is 70.7 cm³/mol. The van der Waals surface area contributed by atoms with E-state index in [-0.39, 0.29) is 12.2 Å². The number of ether oxygens (including phenoxy) is 2. The van der Waals surface area contributed by atoms with Crippen LogP contribution in [0.5, 0.6) is 0 Å². The van der Waals surface area contributed by atoms with E-state index in [1.54, 1.807) is 6.92 Å². The van der Waals surface area contributed by atoms with E-state index in [9.17, 15) is 18.0 Å². The topological polar surface area (TPSA) is 47.6 Å². The van der Waals surface area contributed by atoms with Gasteiger partial charge in [-0.2, -0.15) is 13.2 Å². The van der Waals surface area contributed by atoms with Gasteiger partial charge in [0.2, 0.25) is 0 Å². The number of benzene rings is 1. The lowest BCUT2D eigenvalue weighted by atomic mass is 10.0. The van der Waals surface area contributed by atoms with Gasteiger partial charge >= 0.3 is 12.1 Å². The van der Waals surface area contributed by atoms with Crippen molar-refractivity contribution < 1.29 is 27.4 Å². The summed E-state index contributed by atoms with van der Waals surface area (Å²) in [5.41, 5.74) is -0.595. The Hall–Kier alpha value is -1.60. The summed E-state index contributed by atoms with van der Waals surface area (Å²) < 4.78 is 47.9. The maximum Gasteiger partial charge on any atom is 0.416 e. The Kier molecular flexibility index (Phi) is 6.64. The fourth-order valence-corrected chi connectivity index (χ4v) is 1.76. The van der Waals surface area contributed by atoms with Crippen molar-refractivity contribution in [2.24, 2.45) is 0 Å². The fraction of sp³-hybridized carbons (Fsp3) is 0.500. The summed E-state index contributed by atoms with van der Waals surface area (Å²) in [6.45, 7) is 2.43. The molecule has 1 atom stereocenters. The lowest BCUT2D eigenvalue weighted by molar-refractivity contribution is -0.146. The highest BCUT2D eigenvalue weighted by molar-refractivity contribution is 5.77. The second-order valence-electron chi connectivity index (χ2n) is 4.26. The van der Waals surface area contributed by atoms with Crippen molar-refractivity contribution in [1.29, 1.82) is 0 Å². The lowest BCUT2D eigenvalue weighted by Gasteiger charge is -2.18. The number of nitrogens with one attached hydrogen (secondary N) is 1. The van der Waals surface area contributed by atoms with E-state index < -0.39 is 23.8 Å². The summed E-state index contributed by atoms with van der Waals surface area (Å²) in [5.74, 6) is -0.618. The van der Waals surface area contributed by atoms with Gasteiger partial charge in [-0.25, -0.2) is 4.79 Å². The number of alkyl halides is 3. The molecule has 1 aromatic rings. The minimum Gasteiger partial charge on any atom is -0.465 e. The van der Waals surface area contributed by atoms with Gasteiger partial charge in [-0.15, -0.1) is 0 Å². The standard InChI is InChI=1S/C14H18F3NO3/c1-3-21-13(19)12(18-7-8-20-2)10-5-4-6-11(9-10)14(15,16)17/h4-6,9,12,18H,3,7-8H2,1-2H3. The predicted octanol–water partition coefficient (Wildman–Crippen LogP) is 2.55. The Balaban J connectivity index is 2.98. The Bertz CT molecular complexity index is 463. The molecule has 1 N–H and O–H groups in total. The van der Waals surface area contributed by atoms with Crippen LogP contribution in [0.15, 0.2) is 24.3 Å². The Morgan fingerprint density at radius 2 is 2.10 bits per heavy atom. The van der Waals surface area contributed by atoms with Gasteiger partial charge in [-0.3, -0.25) is 5.32 Å².